The van der Waals surface area contributed by atoms with Crippen molar-refractivity contribution >= 4 is 29.2 Å². The van der Waals surface area contributed by atoms with Gasteiger partial charge in [0, 0.05) is 6.04 Å². The predicted molar refractivity (Wildman–Crippen MR) is 87.5 cm³/mol. The van der Waals surface area contributed by atoms with E-state index in [0.29, 0.717) is 0 Å². The number of nitrogens with zero attached hydrogens (tertiary/aromatic N) is 2. The molecule has 1 aliphatic carbocycles. The van der Waals surface area contributed by atoms with E-state index in [0.717, 1.165) is 36.7 Å². The number of benzene rings is 1. The van der Waals surface area contributed by atoms with Gasteiger partial charge < -0.3 is 5.32 Å². The maximum Gasteiger partial charge on any atom is 0.321 e. The average Bonchev–Trinajstić information content (AvgIpc) is 3.15. The Balaban J connectivity index is 1.65. The minimum Gasteiger partial charge on any atom is -0.335 e. The number of hydrogen-bond acceptors (Lipinski definition) is 2. The first kappa shape index (κ1) is 15.3. The highest BCUT2D eigenvalue weighted by Crippen LogP contribution is 2.17. The molecule has 1 aromatic heterocycles. The first-order valence-corrected chi connectivity index (χ1v) is 7.89. The number of aromatic nitrogens is 2. The summed E-state index contributed by atoms with van der Waals surface area (Å²) >= 11 is 0. The molecule has 1 heterocycles. The predicted octanol–water partition coefficient (Wildman–Crippen LogP) is 1.80. The molecule has 3 rings (SSSR count). The molecule has 0 aliphatic heterocycles. The zero-order valence-corrected chi connectivity index (χ0v) is 13.0. The number of imidazole rings is 1. The van der Waals surface area contributed by atoms with Crippen LogP contribution in [0.1, 0.15) is 25.7 Å². The van der Waals surface area contributed by atoms with Crippen molar-refractivity contribution in [2.75, 3.05) is 0 Å². The van der Waals surface area contributed by atoms with E-state index in [1.54, 1.807) is 17.1 Å². The van der Waals surface area contributed by atoms with Gasteiger partial charge in [-0.2, -0.15) is 0 Å². The number of nitrogens with one attached hydrogen (secondary N) is 2. The first-order chi connectivity index (χ1) is 11.2. The monoisotopic (exact) mass is 313 g/mol. The molecule has 2 aromatic rings. The lowest BCUT2D eigenvalue weighted by molar-refractivity contribution is -0.658. The topological polar surface area (TPSA) is 67.0 Å². The van der Waals surface area contributed by atoms with Crippen LogP contribution >= 0.6 is 0 Å². The van der Waals surface area contributed by atoms with Crippen molar-refractivity contribution < 1.29 is 14.2 Å². The van der Waals surface area contributed by atoms with E-state index in [2.05, 4.69) is 17.2 Å². The van der Waals surface area contributed by atoms with Crippen molar-refractivity contribution in [1.29, 1.82) is 0 Å². The summed E-state index contributed by atoms with van der Waals surface area (Å²) in [6.07, 6.45) is 7.73. The fourth-order valence-electron chi connectivity index (χ4n) is 3.08. The lowest BCUT2D eigenvalue weighted by atomic mass is 10.2. The number of imide groups is 1. The van der Waals surface area contributed by atoms with E-state index < -0.39 is 6.03 Å². The number of amides is 3. The second-order valence-electron chi connectivity index (χ2n) is 5.82. The van der Waals surface area contributed by atoms with Gasteiger partial charge in [0.15, 0.2) is 17.6 Å². The maximum absolute atomic E-state index is 12.1. The molecule has 0 saturated heterocycles. The maximum atomic E-state index is 12.1. The summed E-state index contributed by atoms with van der Waals surface area (Å²) in [5.74, 6) is -0.336. The minimum atomic E-state index is -0.407. The summed E-state index contributed by atoms with van der Waals surface area (Å²) in [5.41, 5.74) is 1.88. The zero-order chi connectivity index (χ0) is 16.2. The van der Waals surface area contributed by atoms with E-state index >= 15 is 0 Å². The quantitative estimate of drug-likeness (QED) is 0.845. The van der Waals surface area contributed by atoms with Crippen LogP contribution in [0.2, 0.25) is 0 Å². The molecule has 23 heavy (non-hydrogen) atoms. The van der Waals surface area contributed by atoms with E-state index in [4.69, 9.17) is 0 Å². The molecule has 1 aromatic carbocycles. The highest BCUT2D eigenvalue weighted by molar-refractivity contribution is 5.93. The van der Waals surface area contributed by atoms with Gasteiger partial charge in [0.25, 0.3) is 5.91 Å². The third-order valence-electron chi connectivity index (χ3n) is 4.19. The standard InChI is InChI=1S/C17H20N4O2/c1-2-20-12-21(15-10-6-5-9-14(15)20)11-16(22)19-17(23)18-13-7-3-4-8-13/h2,5-6,9-10,12-13H,1,3-4,7-8,11H2,(H-,18,19,22,23)/p+1. The highest BCUT2D eigenvalue weighted by Gasteiger charge is 2.20. The van der Waals surface area contributed by atoms with Crippen molar-refractivity contribution in [3.63, 3.8) is 0 Å². The number of carbonyl (C=O) groups excluding carboxylic acids is 2. The molecule has 3 amide bonds. The normalized spacial score (nSPS) is 14.8. The summed E-state index contributed by atoms with van der Waals surface area (Å²) < 4.78 is 3.65. The van der Waals surface area contributed by atoms with E-state index in [9.17, 15) is 9.59 Å². The van der Waals surface area contributed by atoms with Gasteiger partial charge in [0.1, 0.15) is 0 Å². The number of hydrogen-bond donors (Lipinski definition) is 2. The third-order valence-corrected chi connectivity index (χ3v) is 4.19. The van der Waals surface area contributed by atoms with E-state index in [-0.39, 0.29) is 18.5 Å². The molecule has 6 heteroatoms. The van der Waals surface area contributed by atoms with Gasteiger partial charge in [-0.3, -0.25) is 10.1 Å². The summed E-state index contributed by atoms with van der Waals surface area (Å²) in [6.45, 7) is 3.85. The molecule has 6 nitrogen and oxygen atoms in total. The zero-order valence-electron chi connectivity index (χ0n) is 13.0. The number of urea groups is 1. The second kappa shape index (κ2) is 6.64. The number of para-hydroxylation sites is 2. The Morgan fingerprint density at radius 2 is 2.04 bits per heavy atom. The van der Waals surface area contributed by atoms with Crippen LogP contribution in [0.5, 0.6) is 0 Å². The summed E-state index contributed by atoms with van der Waals surface area (Å²) in [4.78, 5) is 24.0. The van der Waals surface area contributed by atoms with Crippen molar-refractivity contribution in [2.24, 2.45) is 0 Å². The lowest BCUT2D eigenvalue weighted by Crippen LogP contribution is -2.48. The van der Waals surface area contributed by atoms with Crippen LogP contribution in [0.3, 0.4) is 0 Å². The van der Waals surface area contributed by atoms with Crippen LogP contribution in [0.15, 0.2) is 37.2 Å². The molecule has 0 unspecified atom stereocenters. The molecule has 1 aliphatic rings. The first-order valence-electron chi connectivity index (χ1n) is 7.89. The van der Waals surface area contributed by atoms with Gasteiger partial charge in [-0.15, -0.1) is 0 Å². The Morgan fingerprint density at radius 3 is 2.78 bits per heavy atom. The molecule has 0 atom stereocenters. The van der Waals surface area contributed by atoms with E-state index in [1.807, 2.05) is 28.8 Å². The van der Waals surface area contributed by atoms with Gasteiger partial charge in [-0.1, -0.05) is 31.6 Å². The van der Waals surface area contributed by atoms with Crippen LogP contribution in [0.4, 0.5) is 4.79 Å². The van der Waals surface area contributed by atoms with Crippen molar-refractivity contribution in [3.05, 3.63) is 37.2 Å². The van der Waals surface area contributed by atoms with E-state index in [1.165, 1.54) is 0 Å². The van der Waals surface area contributed by atoms with Crippen LogP contribution in [0.25, 0.3) is 17.2 Å². The average molecular weight is 313 g/mol. The van der Waals surface area contributed by atoms with Crippen LogP contribution < -0.4 is 15.2 Å². The Morgan fingerprint density at radius 1 is 1.30 bits per heavy atom. The Bertz CT molecular complexity index is 744. The molecule has 2 N–H and O–H groups in total. The molecule has 0 radical (unpaired) electrons. The van der Waals surface area contributed by atoms with Crippen LogP contribution in [-0.4, -0.2) is 22.5 Å². The lowest BCUT2D eigenvalue weighted by Gasteiger charge is -2.11. The molecule has 1 fully saturated rings. The van der Waals surface area contributed by atoms with Gasteiger partial charge in [0.05, 0.1) is 6.20 Å². The summed E-state index contributed by atoms with van der Waals surface area (Å²) in [7, 11) is 0. The van der Waals surface area contributed by atoms with Gasteiger partial charge in [-0.05, 0) is 25.0 Å². The fourth-order valence-corrected chi connectivity index (χ4v) is 3.08. The summed E-state index contributed by atoms with van der Waals surface area (Å²) in [5, 5.41) is 5.25. The second-order valence-corrected chi connectivity index (χ2v) is 5.82. The largest absolute Gasteiger partial charge is 0.335 e. The Labute approximate surface area is 134 Å². The van der Waals surface area contributed by atoms with Gasteiger partial charge >= 0.3 is 6.03 Å². The molecular weight excluding hydrogens is 292 g/mol. The Hall–Kier alpha value is -2.63. The molecule has 1 saturated carbocycles. The molecule has 120 valence electrons. The van der Waals surface area contributed by atoms with Gasteiger partial charge in [-0.25, -0.2) is 13.9 Å². The molecule has 0 spiro atoms. The summed E-state index contributed by atoms with van der Waals surface area (Å²) in [6, 6.07) is 7.52. The number of carbonyl (C=O) groups is 2. The fraction of sp³-hybridized carbons (Fsp3) is 0.353. The Kier molecular flexibility index (Phi) is 4.41. The number of fused-ring (bicyclic) bond motifs is 1. The molecule has 0 bridgehead atoms. The third kappa shape index (κ3) is 3.41. The van der Waals surface area contributed by atoms with Crippen molar-refractivity contribution in [2.45, 2.75) is 38.3 Å². The molecular formula is C17H21N4O2+. The smallest absolute Gasteiger partial charge is 0.321 e. The van der Waals surface area contributed by atoms with Gasteiger partial charge in [0.2, 0.25) is 6.33 Å². The van der Waals surface area contributed by atoms with Crippen LogP contribution in [-0.2, 0) is 11.3 Å². The van der Waals surface area contributed by atoms with Crippen molar-refractivity contribution in [3.8, 4) is 0 Å². The number of rotatable bonds is 4. The van der Waals surface area contributed by atoms with Crippen LogP contribution in [0, 0.1) is 0 Å². The highest BCUT2D eigenvalue weighted by atomic mass is 16.2. The van der Waals surface area contributed by atoms with Crippen molar-refractivity contribution in [1.82, 2.24) is 15.2 Å². The SMILES string of the molecule is C=Cn1c[n+](CC(=O)NC(=O)NC2CCCC2)c2ccccc21. The minimum absolute atomic E-state index is 0.0828.